The van der Waals surface area contributed by atoms with Gasteiger partial charge >= 0.3 is 0 Å². The third kappa shape index (κ3) is 5.06. The smallest absolute Gasteiger partial charge is 0.208 e. The molecule has 18 heavy (non-hydrogen) atoms. The number of halogens is 1. The number of nitrogens with two attached hydrogens (primary N) is 1. The molecule has 0 spiro atoms. The maximum atomic E-state index is 5.51. The summed E-state index contributed by atoms with van der Waals surface area (Å²) in [6.07, 6.45) is 0. The van der Waals surface area contributed by atoms with Gasteiger partial charge in [-0.3, -0.25) is 10.4 Å². The number of hydrogen-bond acceptors (Lipinski definition) is 2. The Hall–Kier alpha value is -1.07. The summed E-state index contributed by atoms with van der Waals surface area (Å²) < 4.78 is 1.08. The zero-order valence-corrected chi connectivity index (χ0v) is 12.7. The highest BCUT2D eigenvalue weighted by Gasteiger charge is 2.06. The molecule has 0 radical (unpaired) electrons. The molecular weight excluding hydrogens is 292 g/mol. The number of hydrazine groups is 1. The summed E-state index contributed by atoms with van der Waals surface area (Å²) in [7, 11) is 1.97. The Labute approximate surface area is 117 Å². The van der Waals surface area contributed by atoms with Crippen molar-refractivity contribution in [2.75, 3.05) is 13.6 Å². The largest absolute Gasteiger partial charge is 0.341 e. The van der Waals surface area contributed by atoms with Crippen molar-refractivity contribution in [2.24, 2.45) is 16.8 Å². The van der Waals surface area contributed by atoms with Crippen LogP contribution >= 0.6 is 15.9 Å². The number of rotatable bonds is 4. The minimum atomic E-state index is 0.521. The summed E-state index contributed by atoms with van der Waals surface area (Å²) in [5.41, 5.74) is 3.86. The zero-order valence-electron chi connectivity index (χ0n) is 11.2. The van der Waals surface area contributed by atoms with Crippen LogP contribution in [0.4, 0.5) is 0 Å². The van der Waals surface area contributed by atoms with Crippen molar-refractivity contribution in [3.05, 3.63) is 34.3 Å². The minimum absolute atomic E-state index is 0.521. The van der Waals surface area contributed by atoms with E-state index < -0.39 is 0 Å². The molecule has 0 saturated heterocycles. The first kappa shape index (κ1) is 15.0. The second kappa shape index (κ2) is 7.38. The second-order valence-electron chi connectivity index (χ2n) is 4.69. The van der Waals surface area contributed by atoms with Gasteiger partial charge in [-0.25, -0.2) is 5.84 Å². The average Bonchev–Trinajstić information content (AvgIpc) is 2.29. The normalized spacial score (nSPS) is 11.8. The van der Waals surface area contributed by atoms with E-state index in [2.05, 4.69) is 52.3 Å². The maximum Gasteiger partial charge on any atom is 0.208 e. The quantitative estimate of drug-likeness (QED) is 0.388. The number of nitrogens with one attached hydrogen (secondary N) is 1. The average molecular weight is 313 g/mol. The molecule has 1 aromatic carbocycles. The Kier molecular flexibility index (Phi) is 6.15. The van der Waals surface area contributed by atoms with Crippen LogP contribution in [0.25, 0.3) is 0 Å². The molecule has 100 valence electrons. The van der Waals surface area contributed by atoms with Crippen LogP contribution in [0.2, 0.25) is 0 Å². The van der Waals surface area contributed by atoms with E-state index in [1.54, 1.807) is 0 Å². The number of nitrogens with zero attached hydrogens (tertiary/aromatic N) is 2. The molecule has 0 aromatic heterocycles. The van der Waals surface area contributed by atoms with Gasteiger partial charge in [0.15, 0.2) is 0 Å². The van der Waals surface area contributed by atoms with Gasteiger partial charge < -0.3 is 4.90 Å². The molecule has 1 rings (SSSR count). The van der Waals surface area contributed by atoms with Crippen molar-refractivity contribution in [1.82, 2.24) is 10.3 Å². The predicted molar refractivity (Wildman–Crippen MR) is 80.1 cm³/mol. The van der Waals surface area contributed by atoms with Crippen molar-refractivity contribution < 1.29 is 0 Å². The molecule has 0 aliphatic carbocycles. The van der Waals surface area contributed by atoms with Crippen LogP contribution in [0.5, 0.6) is 0 Å². The summed E-state index contributed by atoms with van der Waals surface area (Å²) in [6, 6.07) is 8.21. The molecule has 0 aliphatic rings. The van der Waals surface area contributed by atoms with Crippen LogP contribution in [0.15, 0.2) is 33.7 Å². The van der Waals surface area contributed by atoms with Gasteiger partial charge in [0.1, 0.15) is 0 Å². The number of aliphatic imine (C=N–C) groups is 1. The number of benzene rings is 1. The van der Waals surface area contributed by atoms with E-state index >= 15 is 0 Å². The van der Waals surface area contributed by atoms with Crippen molar-refractivity contribution >= 4 is 21.9 Å². The van der Waals surface area contributed by atoms with Crippen molar-refractivity contribution in [3.63, 3.8) is 0 Å². The van der Waals surface area contributed by atoms with Crippen LogP contribution in [-0.2, 0) is 6.54 Å². The third-order valence-electron chi connectivity index (χ3n) is 2.41. The first-order valence-corrected chi connectivity index (χ1v) is 6.79. The summed E-state index contributed by atoms with van der Waals surface area (Å²) in [5.74, 6) is 6.74. The highest BCUT2D eigenvalue weighted by molar-refractivity contribution is 9.10. The van der Waals surface area contributed by atoms with E-state index in [-0.39, 0.29) is 0 Å². The number of guanidine groups is 1. The van der Waals surface area contributed by atoms with Crippen LogP contribution in [0.1, 0.15) is 19.4 Å². The van der Waals surface area contributed by atoms with Gasteiger partial charge in [-0.15, -0.1) is 0 Å². The standard InChI is InChI=1S/C13H21BrN4/c1-10(2)8-16-13(17-15)18(3)9-11-5-4-6-12(14)7-11/h4-7,10H,8-9,15H2,1-3H3,(H,16,17). The molecule has 4 nitrogen and oxygen atoms in total. The van der Waals surface area contributed by atoms with Gasteiger partial charge in [-0.1, -0.05) is 41.9 Å². The summed E-state index contributed by atoms with van der Waals surface area (Å²) in [4.78, 5) is 6.46. The summed E-state index contributed by atoms with van der Waals surface area (Å²) in [6.45, 7) is 5.79. The topological polar surface area (TPSA) is 53.6 Å². The van der Waals surface area contributed by atoms with E-state index in [4.69, 9.17) is 5.84 Å². The predicted octanol–water partition coefficient (Wildman–Crippen LogP) is 2.36. The SMILES string of the molecule is CC(C)CN=C(NN)N(C)Cc1cccc(Br)c1. The van der Waals surface area contributed by atoms with Crippen molar-refractivity contribution in [3.8, 4) is 0 Å². The molecule has 0 fully saturated rings. The van der Waals surface area contributed by atoms with Gasteiger partial charge in [-0.05, 0) is 23.6 Å². The lowest BCUT2D eigenvalue weighted by molar-refractivity contribution is 0.474. The van der Waals surface area contributed by atoms with E-state index in [9.17, 15) is 0 Å². The Balaban J connectivity index is 2.67. The molecule has 0 atom stereocenters. The molecular formula is C13H21BrN4. The fraction of sp³-hybridized carbons (Fsp3) is 0.462. The van der Waals surface area contributed by atoms with Gasteiger partial charge in [0, 0.05) is 24.6 Å². The molecule has 0 bridgehead atoms. The van der Waals surface area contributed by atoms with Gasteiger partial charge in [-0.2, -0.15) is 0 Å². The van der Waals surface area contributed by atoms with Crippen molar-refractivity contribution in [2.45, 2.75) is 20.4 Å². The van der Waals surface area contributed by atoms with E-state index in [1.165, 1.54) is 5.56 Å². The Morgan fingerprint density at radius 1 is 1.50 bits per heavy atom. The fourth-order valence-electron chi connectivity index (χ4n) is 1.53. The molecule has 0 amide bonds. The van der Waals surface area contributed by atoms with Gasteiger partial charge in [0.05, 0.1) is 0 Å². The molecule has 0 saturated carbocycles. The van der Waals surface area contributed by atoms with Crippen molar-refractivity contribution in [1.29, 1.82) is 0 Å². The second-order valence-corrected chi connectivity index (χ2v) is 5.60. The molecule has 0 unspecified atom stereocenters. The van der Waals surface area contributed by atoms with E-state index in [0.717, 1.165) is 17.6 Å². The Bertz CT molecular complexity index is 404. The van der Waals surface area contributed by atoms with Crippen LogP contribution in [0.3, 0.4) is 0 Å². The molecule has 0 heterocycles. The summed E-state index contributed by atoms with van der Waals surface area (Å²) in [5, 5.41) is 0. The lowest BCUT2D eigenvalue weighted by Crippen LogP contribution is -2.42. The summed E-state index contributed by atoms with van der Waals surface area (Å²) >= 11 is 3.47. The Morgan fingerprint density at radius 2 is 2.22 bits per heavy atom. The van der Waals surface area contributed by atoms with Crippen LogP contribution in [-0.4, -0.2) is 24.5 Å². The maximum absolute atomic E-state index is 5.51. The lowest BCUT2D eigenvalue weighted by atomic mass is 10.2. The molecule has 3 N–H and O–H groups in total. The molecule has 1 aromatic rings. The lowest BCUT2D eigenvalue weighted by Gasteiger charge is -2.21. The van der Waals surface area contributed by atoms with Crippen LogP contribution < -0.4 is 11.3 Å². The number of hydrogen-bond donors (Lipinski definition) is 2. The highest BCUT2D eigenvalue weighted by atomic mass is 79.9. The highest BCUT2D eigenvalue weighted by Crippen LogP contribution is 2.12. The minimum Gasteiger partial charge on any atom is -0.341 e. The van der Waals surface area contributed by atoms with E-state index in [0.29, 0.717) is 11.9 Å². The Morgan fingerprint density at radius 3 is 2.78 bits per heavy atom. The fourth-order valence-corrected chi connectivity index (χ4v) is 1.98. The van der Waals surface area contributed by atoms with E-state index in [1.807, 2.05) is 24.1 Å². The van der Waals surface area contributed by atoms with Gasteiger partial charge in [0.2, 0.25) is 5.96 Å². The molecule has 0 aliphatic heterocycles. The van der Waals surface area contributed by atoms with Gasteiger partial charge in [0.25, 0.3) is 0 Å². The zero-order chi connectivity index (χ0) is 13.5. The third-order valence-corrected chi connectivity index (χ3v) is 2.90. The monoisotopic (exact) mass is 312 g/mol. The van der Waals surface area contributed by atoms with Crippen LogP contribution in [0, 0.1) is 5.92 Å². The molecule has 5 heteroatoms. The first-order valence-electron chi connectivity index (χ1n) is 5.99. The first-order chi connectivity index (χ1) is 8.52.